The van der Waals surface area contributed by atoms with Crippen LogP contribution in [0, 0.1) is 6.92 Å². The quantitative estimate of drug-likeness (QED) is 0.485. The molecule has 4 rings (SSSR count). The van der Waals surface area contributed by atoms with Crippen LogP contribution < -0.4 is 5.32 Å². The molecular weight excluding hydrogens is 396 g/mol. The van der Waals surface area contributed by atoms with Crippen LogP contribution in [-0.2, 0) is 9.53 Å². The van der Waals surface area contributed by atoms with E-state index >= 15 is 0 Å². The second-order valence-electron chi connectivity index (χ2n) is 7.13. The summed E-state index contributed by atoms with van der Waals surface area (Å²) in [6, 6.07) is 19.8. The molecule has 7 heteroatoms. The van der Waals surface area contributed by atoms with Gasteiger partial charge in [0.15, 0.2) is 5.11 Å². The van der Waals surface area contributed by atoms with Crippen molar-refractivity contribution in [3.05, 3.63) is 83.9 Å². The van der Waals surface area contributed by atoms with Crippen molar-refractivity contribution in [2.75, 3.05) is 13.2 Å². The molecule has 30 heavy (non-hydrogen) atoms. The van der Waals surface area contributed by atoms with E-state index in [1.54, 1.807) is 13.1 Å². The van der Waals surface area contributed by atoms with Gasteiger partial charge in [-0.2, -0.15) is 0 Å². The molecule has 1 N–H and O–H groups in total. The Morgan fingerprint density at radius 2 is 1.90 bits per heavy atom. The molecule has 0 bridgehead atoms. The van der Waals surface area contributed by atoms with Crippen LogP contribution in [0.15, 0.2) is 66.9 Å². The Hall–Kier alpha value is -3.19. The number of nitrogens with one attached hydrogen (secondary N) is 1. The smallest absolute Gasteiger partial charge is 0.325 e. The number of para-hydroxylation sites is 1. The highest BCUT2D eigenvalue weighted by Crippen LogP contribution is 2.40. The van der Waals surface area contributed by atoms with Crippen LogP contribution in [-0.4, -0.2) is 38.7 Å². The van der Waals surface area contributed by atoms with Crippen molar-refractivity contribution in [3.8, 4) is 5.69 Å². The summed E-state index contributed by atoms with van der Waals surface area (Å²) in [4.78, 5) is 18.8. The van der Waals surface area contributed by atoms with Gasteiger partial charge in [0.1, 0.15) is 6.54 Å². The van der Waals surface area contributed by atoms with Gasteiger partial charge in [0.05, 0.1) is 24.4 Å². The lowest BCUT2D eigenvalue weighted by Gasteiger charge is -2.28. The van der Waals surface area contributed by atoms with Crippen LogP contribution in [0.2, 0.25) is 0 Å². The SMILES string of the molecule is CCOC(=O)CN1C(=S)NC(c2ccccn2)C1c1ccc(C)n1-c1ccccc1. The minimum Gasteiger partial charge on any atom is -0.465 e. The van der Waals surface area contributed by atoms with Gasteiger partial charge < -0.3 is 19.5 Å². The lowest BCUT2D eigenvalue weighted by Crippen LogP contribution is -2.36. The normalized spacial score (nSPS) is 18.3. The van der Waals surface area contributed by atoms with Gasteiger partial charge in [-0.1, -0.05) is 24.3 Å². The summed E-state index contributed by atoms with van der Waals surface area (Å²) in [6.07, 6.45) is 1.77. The third-order valence-electron chi connectivity index (χ3n) is 5.23. The van der Waals surface area contributed by atoms with Crippen molar-refractivity contribution < 1.29 is 9.53 Å². The molecule has 0 saturated carbocycles. The van der Waals surface area contributed by atoms with Gasteiger partial charge in [-0.3, -0.25) is 9.78 Å². The maximum Gasteiger partial charge on any atom is 0.325 e. The molecule has 1 aliphatic heterocycles. The number of aromatic nitrogens is 2. The highest BCUT2D eigenvalue weighted by molar-refractivity contribution is 7.80. The number of benzene rings is 1. The topological polar surface area (TPSA) is 59.4 Å². The van der Waals surface area contributed by atoms with Crippen molar-refractivity contribution in [3.63, 3.8) is 0 Å². The molecule has 154 valence electrons. The summed E-state index contributed by atoms with van der Waals surface area (Å²) in [5, 5.41) is 3.89. The number of rotatable bonds is 6. The lowest BCUT2D eigenvalue weighted by molar-refractivity contribution is -0.143. The first-order valence-electron chi connectivity index (χ1n) is 9.97. The second-order valence-corrected chi connectivity index (χ2v) is 7.52. The summed E-state index contributed by atoms with van der Waals surface area (Å²) in [7, 11) is 0. The van der Waals surface area contributed by atoms with Gasteiger partial charge in [-0.15, -0.1) is 0 Å². The summed E-state index contributed by atoms with van der Waals surface area (Å²) < 4.78 is 7.41. The number of carbonyl (C=O) groups is 1. The van der Waals surface area contributed by atoms with E-state index in [0.717, 1.165) is 22.8 Å². The predicted octanol–water partition coefficient (Wildman–Crippen LogP) is 3.72. The van der Waals surface area contributed by atoms with E-state index in [0.29, 0.717) is 11.7 Å². The Morgan fingerprint density at radius 1 is 1.13 bits per heavy atom. The van der Waals surface area contributed by atoms with Crippen molar-refractivity contribution in [1.29, 1.82) is 0 Å². The van der Waals surface area contributed by atoms with E-state index in [4.69, 9.17) is 17.0 Å². The minimum atomic E-state index is -0.303. The number of esters is 1. The standard InChI is InChI=1S/C23H24N4O2S/c1-3-29-20(28)15-26-22(21(25-23(26)30)18-11-7-8-14-24-18)19-13-12-16(2)27(19)17-9-5-4-6-10-17/h4-14,21-22H,3,15H2,1-2H3,(H,25,30). The Balaban J connectivity index is 1.82. The van der Waals surface area contributed by atoms with E-state index in [-0.39, 0.29) is 24.6 Å². The van der Waals surface area contributed by atoms with Crippen molar-refractivity contribution >= 4 is 23.3 Å². The molecule has 3 heterocycles. The Morgan fingerprint density at radius 3 is 2.60 bits per heavy atom. The number of thiocarbonyl (C=S) groups is 1. The summed E-state index contributed by atoms with van der Waals surface area (Å²) in [5.74, 6) is -0.303. The van der Waals surface area contributed by atoms with Gasteiger partial charge in [-0.05, 0) is 62.5 Å². The van der Waals surface area contributed by atoms with Gasteiger partial charge in [0.25, 0.3) is 0 Å². The maximum atomic E-state index is 12.4. The fourth-order valence-electron chi connectivity index (χ4n) is 3.96. The predicted molar refractivity (Wildman–Crippen MR) is 119 cm³/mol. The molecular formula is C23H24N4O2S. The molecule has 2 aromatic heterocycles. The van der Waals surface area contributed by atoms with Crippen molar-refractivity contribution in [2.24, 2.45) is 0 Å². The van der Waals surface area contributed by atoms with Crippen molar-refractivity contribution in [2.45, 2.75) is 25.9 Å². The largest absolute Gasteiger partial charge is 0.465 e. The number of hydrogen-bond donors (Lipinski definition) is 1. The highest BCUT2D eigenvalue weighted by Gasteiger charge is 2.42. The molecule has 0 spiro atoms. The van der Waals surface area contributed by atoms with E-state index in [2.05, 4.69) is 46.1 Å². The number of aryl methyl sites for hydroxylation is 1. The van der Waals surface area contributed by atoms with Crippen LogP contribution in [0.5, 0.6) is 0 Å². The first-order valence-corrected chi connectivity index (χ1v) is 10.4. The first-order chi connectivity index (χ1) is 14.6. The zero-order valence-corrected chi connectivity index (χ0v) is 17.8. The van der Waals surface area contributed by atoms with Crippen LogP contribution in [0.3, 0.4) is 0 Å². The molecule has 2 atom stereocenters. The van der Waals surface area contributed by atoms with E-state index in [1.165, 1.54) is 0 Å². The molecule has 0 aliphatic carbocycles. The Bertz CT molecular complexity index is 1040. The number of hydrogen-bond acceptors (Lipinski definition) is 4. The average Bonchev–Trinajstić information content (AvgIpc) is 3.29. The summed E-state index contributed by atoms with van der Waals surface area (Å²) in [6.45, 7) is 4.28. The molecule has 1 aliphatic rings. The molecule has 0 amide bonds. The number of carbonyl (C=O) groups excluding carboxylic acids is 1. The molecule has 0 radical (unpaired) electrons. The zero-order chi connectivity index (χ0) is 21.1. The first kappa shape index (κ1) is 20.1. The lowest BCUT2D eigenvalue weighted by atomic mass is 10.0. The Kier molecular flexibility index (Phi) is 5.81. The van der Waals surface area contributed by atoms with E-state index in [1.807, 2.05) is 41.3 Å². The summed E-state index contributed by atoms with van der Waals surface area (Å²) >= 11 is 5.63. The van der Waals surface area contributed by atoms with Gasteiger partial charge in [0, 0.05) is 23.3 Å². The van der Waals surface area contributed by atoms with Crippen LogP contribution in [0.25, 0.3) is 5.69 Å². The van der Waals surface area contributed by atoms with Gasteiger partial charge >= 0.3 is 5.97 Å². The fourth-order valence-corrected chi connectivity index (χ4v) is 4.27. The van der Waals surface area contributed by atoms with Crippen LogP contribution in [0.4, 0.5) is 0 Å². The number of ether oxygens (including phenoxy) is 1. The second kappa shape index (κ2) is 8.67. The van der Waals surface area contributed by atoms with Crippen LogP contribution in [0.1, 0.15) is 36.1 Å². The minimum absolute atomic E-state index is 0.0761. The molecule has 2 unspecified atom stereocenters. The third-order valence-corrected chi connectivity index (χ3v) is 5.58. The van der Waals surface area contributed by atoms with Crippen LogP contribution >= 0.6 is 12.2 Å². The average molecular weight is 421 g/mol. The third kappa shape index (κ3) is 3.80. The molecule has 6 nitrogen and oxygen atoms in total. The fraction of sp³-hybridized carbons (Fsp3) is 0.261. The number of nitrogens with zero attached hydrogens (tertiary/aromatic N) is 3. The number of pyridine rings is 1. The Labute approximate surface area is 181 Å². The zero-order valence-electron chi connectivity index (χ0n) is 17.0. The van der Waals surface area contributed by atoms with E-state index < -0.39 is 0 Å². The molecule has 1 saturated heterocycles. The maximum absolute atomic E-state index is 12.4. The van der Waals surface area contributed by atoms with E-state index in [9.17, 15) is 4.79 Å². The van der Waals surface area contributed by atoms with Crippen molar-refractivity contribution in [1.82, 2.24) is 19.8 Å². The monoisotopic (exact) mass is 420 g/mol. The van der Waals surface area contributed by atoms with Gasteiger partial charge in [-0.25, -0.2) is 0 Å². The molecule has 1 fully saturated rings. The van der Waals surface area contributed by atoms with Gasteiger partial charge in [0.2, 0.25) is 0 Å². The molecule has 3 aromatic rings. The summed E-state index contributed by atoms with van der Waals surface area (Å²) in [5.41, 5.74) is 4.06. The highest BCUT2D eigenvalue weighted by atomic mass is 32.1. The molecule has 1 aromatic carbocycles.